The summed E-state index contributed by atoms with van der Waals surface area (Å²) in [6.07, 6.45) is -1.26. The zero-order valence-electron chi connectivity index (χ0n) is 12.5. The number of fused-ring (bicyclic) bond motifs is 1. The van der Waals surface area contributed by atoms with Crippen LogP contribution in [0, 0.1) is 11.3 Å². The van der Waals surface area contributed by atoms with E-state index in [9.17, 15) is 14.7 Å². The number of hydrogen-bond donors (Lipinski definition) is 0. The summed E-state index contributed by atoms with van der Waals surface area (Å²) >= 11 is 0. The van der Waals surface area contributed by atoms with Crippen LogP contribution in [-0.2, 0) is 9.09 Å². The maximum absolute atomic E-state index is 12.2. The van der Waals surface area contributed by atoms with Gasteiger partial charge in [-0.05, 0) is 17.0 Å². The van der Waals surface area contributed by atoms with E-state index in [1.165, 1.54) is 0 Å². The third-order valence-corrected chi connectivity index (χ3v) is 4.30. The second-order valence-electron chi connectivity index (χ2n) is 5.04. The van der Waals surface area contributed by atoms with Crippen LogP contribution in [0.4, 0.5) is 0 Å². The Kier molecular flexibility index (Phi) is 4.64. The molecule has 0 fully saturated rings. The summed E-state index contributed by atoms with van der Waals surface area (Å²) in [6, 6.07) is 22.5. The van der Waals surface area contributed by atoms with Crippen LogP contribution in [0.15, 0.2) is 72.8 Å². The van der Waals surface area contributed by atoms with Gasteiger partial charge < -0.3 is 9.42 Å². The van der Waals surface area contributed by atoms with Crippen molar-refractivity contribution in [3.63, 3.8) is 0 Å². The van der Waals surface area contributed by atoms with Gasteiger partial charge in [0.15, 0.2) is 6.10 Å². The minimum atomic E-state index is -4.73. The lowest BCUT2D eigenvalue weighted by molar-refractivity contribution is -0.219. The van der Waals surface area contributed by atoms with Gasteiger partial charge in [-0.25, -0.2) is 0 Å². The molecule has 0 aliphatic carbocycles. The lowest BCUT2D eigenvalue weighted by Crippen LogP contribution is -2.13. The molecule has 0 aliphatic rings. The molecule has 0 saturated carbocycles. The molecule has 24 heavy (non-hydrogen) atoms. The quantitative estimate of drug-likeness (QED) is 0.657. The molecule has 6 heteroatoms. The Morgan fingerprint density at radius 2 is 1.62 bits per heavy atom. The number of nitrogens with zero attached hydrogens (tertiary/aromatic N) is 1. The molecule has 0 spiro atoms. The lowest BCUT2D eigenvalue weighted by atomic mass is 10.1. The van der Waals surface area contributed by atoms with Crippen molar-refractivity contribution in [3.05, 3.63) is 78.4 Å². The van der Waals surface area contributed by atoms with E-state index in [4.69, 9.17) is 9.05 Å². The SMILES string of the molecule is N#CC(OP(=O)([O-])Oc1cccc2ccccc12)c1ccccc1. The summed E-state index contributed by atoms with van der Waals surface area (Å²) in [4.78, 5) is 12.2. The third kappa shape index (κ3) is 3.64. The average molecular weight is 338 g/mol. The summed E-state index contributed by atoms with van der Waals surface area (Å²) < 4.78 is 22.3. The van der Waals surface area contributed by atoms with Gasteiger partial charge in [0.25, 0.3) is 0 Å². The van der Waals surface area contributed by atoms with Crippen LogP contribution < -0.4 is 9.42 Å². The molecule has 120 valence electrons. The predicted octanol–water partition coefficient (Wildman–Crippen LogP) is 3.97. The highest BCUT2D eigenvalue weighted by Crippen LogP contribution is 2.45. The van der Waals surface area contributed by atoms with E-state index in [2.05, 4.69) is 0 Å². The fourth-order valence-electron chi connectivity index (χ4n) is 2.33. The molecule has 0 saturated heterocycles. The van der Waals surface area contributed by atoms with Crippen molar-refractivity contribution < 1.29 is 18.5 Å². The van der Waals surface area contributed by atoms with Gasteiger partial charge in [0, 0.05) is 5.39 Å². The van der Waals surface area contributed by atoms with Crippen LogP contribution in [-0.4, -0.2) is 0 Å². The maximum Gasteiger partial charge on any atom is 0.321 e. The van der Waals surface area contributed by atoms with Crippen molar-refractivity contribution in [2.75, 3.05) is 0 Å². The van der Waals surface area contributed by atoms with Crippen molar-refractivity contribution in [1.82, 2.24) is 0 Å². The minimum absolute atomic E-state index is 0.163. The summed E-state index contributed by atoms with van der Waals surface area (Å²) in [5.41, 5.74) is 0.442. The van der Waals surface area contributed by atoms with Crippen molar-refractivity contribution in [3.8, 4) is 11.8 Å². The first-order valence-electron chi connectivity index (χ1n) is 7.20. The lowest BCUT2D eigenvalue weighted by Gasteiger charge is -2.26. The van der Waals surface area contributed by atoms with E-state index in [-0.39, 0.29) is 5.75 Å². The number of nitriles is 1. The van der Waals surface area contributed by atoms with E-state index < -0.39 is 13.9 Å². The van der Waals surface area contributed by atoms with Gasteiger partial charge >= 0.3 is 7.82 Å². The predicted molar refractivity (Wildman–Crippen MR) is 88.1 cm³/mol. The highest BCUT2D eigenvalue weighted by atomic mass is 31.2. The Hall–Kier alpha value is -2.64. The van der Waals surface area contributed by atoms with Crippen LogP contribution in [0.2, 0.25) is 0 Å². The van der Waals surface area contributed by atoms with Gasteiger partial charge in [0.1, 0.15) is 5.75 Å². The number of phosphoric ester groups is 1. The molecule has 0 aromatic heterocycles. The van der Waals surface area contributed by atoms with Crippen LogP contribution in [0.1, 0.15) is 11.7 Å². The second kappa shape index (κ2) is 6.86. The molecule has 0 N–H and O–H groups in total. The number of hydrogen-bond acceptors (Lipinski definition) is 5. The van der Waals surface area contributed by atoms with Crippen molar-refractivity contribution in [1.29, 1.82) is 5.26 Å². The second-order valence-corrected chi connectivity index (χ2v) is 6.33. The molecule has 0 radical (unpaired) electrons. The molecule has 2 atom stereocenters. The molecule has 0 heterocycles. The van der Waals surface area contributed by atoms with Gasteiger partial charge in [-0.2, -0.15) is 5.26 Å². The van der Waals surface area contributed by atoms with Crippen LogP contribution in [0.5, 0.6) is 5.75 Å². The molecule has 0 aliphatic heterocycles. The Labute approximate surface area is 139 Å². The minimum Gasteiger partial charge on any atom is -0.746 e. The van der Waals surface area contributed by atoms with E-state index in [1.54, 1.807) is 54.6 Å². The Morgan fingerprint density at radius 1 is 0.958 bits per heavy atom. The topological polar surface area (TPSA) is 82.4 Å². The molecule has 3 aromatic carbocycles. The van der Waals surface area contributed by atoms with Crippen molar-refractivity contribution in [2.45, 2.75) is 6.10 Å². The van der Waals surface area contributed by atoms with Gasteiger partial charge in [0.05, 0.1) is 6.07 Å². The van der Waals surface area contributed by atoms with E-state index in [1.807, 2.05) is 24.3 Å². The first-order chi connectivity index (χ1) is 11.6. The molecule has 2 unspecified atom stereocenters. The van der Waals surface area contributed by atoms with Crippen molar-refractivity contribution in [2.24, 2.45) is 0 Å². The molecule has 0 bridgehead atoms. The van der Waals surface area contributed by atoms with E-state index >= 15 is 0 Å². The molecular formula is C18H13NO4P-. The highest BCUT2D eigenvalue weighted by molar-refractivity contribution is 7.46. The fraction of sp³-hybridized carbons (Fsp3) is 0.0556. The Morgan fingerprint density at radius 3 is 2.38 bits per heavy atom. The molecular weight excluding hydrogens is 325 g/mol. The zero-order valence-corrected chi connectivity index (χ0v) is 13.4. The standard InChI is InChI=1S/C18H14NO4P/c19-13-18(15-8-2-1-3-9-15)23-24(20,21)22-17-12-6-10-14-7-4-5-11-16(14)17/h1-12,18H,(H,20,21)/p-1. The van der Waals surface area contributed by atoms with Gasteiger partial charge in [0.2, 0.25) is 0 Å². The summed E-state index contributed by atoms with van der Waals surface area (Å²) in [5.74, 6) is 0.163. The normalized spacial score (nSPS) is 14.5. The number of phosphoric acid groups is 1. The first kappa shape index (κ1) is 16.2. The fourth-order valence-corrected chi connectivity index (χ4v) is 3.20. The van der Waals surface area contributed by atoms with Gasteiger partial charge in [-0.15, -0.1) is 0 Å². The summed E-state index contributed by atoms with van der Waals surface area (Å²) in [7, 11) is -4.73. The summed E-state index contributed by atoms with van der Waals surface area (Å²) in [6.45, 7) is 0. The van der Waals surface area contributed by atoms with Crippen LogP contribution >= 0.6 is 7.82 Å². The Bertz CT molecular complexity index is 931. The third-order valence-electron chi connectivity index (χ3n) is 3.41. The Balaban J connectivity index is 1.85. The number of benzene rings is 3. The van der Waals surface area contributed by atoms with Crippen molar-refractivity contribution >= 4 is 18.6 Å². The molecule has 3 aromatic rings. The number of rotatable bonds is 5. The molecule has 0 amide bonds. The molecule has 5 nitrogen and oxygen atoms in total. The van der Waals surface area contributed by atoms with Crippen LogP contribution in [0.25, 0.3) is 10.8 Å². The average Bonchev–Trinajstić information content (AvgIpc) is 2.60. The van der Waals surface area contributed by atoms with E-state index in [0.29, 0.717) is 10.9 Å². The van der Waals surface area contributed by atoms with Crippen LogP contribution in [0.3, 0.4) is 0 Å². The monoisotopic (exact) mass is 338 g/mol. The first-order valence-corrected chi connectivity index (χ1v) is 8.66. The van der Waals surface area contributed by atoms with Gasteiger partial charge in [-0.3, -0.25) is 9.09 Å². The van der Waals surface area contributed by atoms with E-state index in [0.717, 1.165) is 5.39 Å². The van der Waals surface area contributed by atoms with Gasteiger partial charge in [-0.1, -0.05) is 66.7 Å². The largest absolute Gasteiger partial charge is 0.746 e. The smallest absolute Gasteiger partial charge is 0.321 e. The maximum atomic E-state index is 12.2. The highest BCUT2D eigenvalue weighted by Gasteiger charge is 2.21. The summed E-state index contributed by atoms with van der Waals surface area (Å²) in [5, 5.41) is 10.7. The molecule has 3 rings (SSSR count). The zero-order chi connectivity index (χ0) is 17.0.